The van der Waals surface area contributed by atoms with Gasteiger partial charge in [-0.25, -0.2) is 0 Å². The number of nitro groups is 1. The van der Waals surface area contributed by atoms with Crippen molar-refractivity contribution in [1.29, 1.82) is 0 Å². The minimum absolute atomic E-state index is 0.0199. The predicted octanol–water partition coefficient (Wildman–Crippen LogP) is 8.33. The highest BCUT2D eigenvalue weighted by molar-refractivity contribution is 4.73. The molecule has 0 amide bonds. The van der Waals surface area contributed by atoms with E-state index in [1.807, 2.05) is 0 Å². The second-order valence-corrected chi connectivity index (χ2v) is 9.08. The fraction of sp³-hybridized carbons (Fsp3) is 1.00. The Morgan fingerprint density at radius 3 is 1.81 bits per heavy atom. The highest BCUT2D eigenvalue weighted by Crippen LogP contribution is 2.33. The van der Waals surface area contributed by atoms with E-state index in [0.29, 0.717) is 0 Å². The lowest BCUT2D eigenvalue weighted by Crippen LogP contribution is -2.20. The summed E-state index contributed by atoms with van der Waals surface area (Å²) >= 11 is 0. The molecule has 1 aliphatic carbocycles. The monoisotopic (exact) mass is 381 g/mol. The minimum atomic E-state index is -0.277. The zero-order valence-corrected chi connectivity index (χ0v) is 18.4. The van der Waals surface area contributed by atoms with Gasteiger partial charge in [0.2, 0.25) is 6.04 Å². The van der Waals surface area contributed by atoms with Crippen LogP contribution in [-0.4, -0.2) is 11.0 Å². The summed E-state index contributed by atoms with van der Waals surface area (Å²) < 4.78 is 0. The van der Waals surface area contributed by atoms with Crippen molar-refractivity contribution < 1.29 is 4.92 Å². The smallest absolute Gasteiger partial charge is 0.213 e. The summed E-state index contributed by atoms with van der Waals surface area (Å²) in [6, 6.07) is -0.277. The maximum Gasteiger partial charge on any atom is 0.213 e. The molecule has 0 spiro atoms. The zero-order valence-electron chi connectivity index (χ0n) is 18.4. The molecule has 0 saturated heterocycles. The van der Waals surface area contributed by atoms with Crippen LogP contribution in [0.2, 0.25) is 0 Å². The molecule has 160 valence electrons. The molecule has 1 aliphatic rings. The molecule has 0 aromatic carbocycles. The number of hydrogen-bond donors (Lipinski definition) is 0. The summed E-state index contributed by atoms with van der Waals surface area (Å²) in [4.78, 5) is 11.2. The van der Waals surface area contributed by atoms with Crippen molar-refractivity contribution in [2.24, 2.45) is 11.8 Å². The summed E-state index contributed by atoms with van der Waals surface area (Å²) in [7, 11) is 0. The molecular formula is C24H47NO2. The summed E-state index contributed by atoms with van der Waals surface area (Å²) in [6.45, 7) is 4.62. The maximum atomic E-state index is 11.2. The number of unbranched alkanes of at least 4 members (excludes halogenated alkanes) is 5. The molecule has 1 saturated carbocycles. The van der Waals surface area contributed by atoms with Gasteiger partial charge in [0, 0.05) is 17.8 Å². The quantitative estimate of drug-likeness (QED) is 0.205. The van der Waals surface area contributed by atoms with Crippen molar-refractivity contribution in [3.05, 3.63) is 10.1 Å². The van der Waals surface area contributed by atoms with Crippen LogP contribution in [0.4, 0.5) is 0 Å². The summed E-state index contributed by atoms with van der Waals surface area (Å²) in [5.74, 6) is 1.84. The highest BCUT2D eigenvalue weighted by Gasteiger charge is 2.23. The van der Waals surface area contributed by atoms with Gasteiger partial charge in [0.25, 0.3) is 0 Å². The standard InChI is InChI=1S/C24H47NO2/c1-3-5-7-8-11-17-22(16-6-4-2)23-18-12-9-14-20-24(25(26)27)21-15-10-13-19-23/h22-24H,3-21H2,1-2H3. The van der Waals surface area contributed by atoms with Crippen molar-refractivity contribution in [1.82, 2.24) is 0 Å². The van der Waals surface area contributed by atoms with Gasteiger partial charge in [-0.15, -0.1) is 0 Å². The number of nitrogens with zero attached hydrogens (tertiary/aromatic N) is 1. The lowest BCUT2D eigenvalue weighted by atomic mass is 9.78. The molecule has 0 aromatic heterocycles. The van der Waals surface area contributed by atoms with E-state index in [0.717, 1.165) is 37.5 Å². The maximum absolute atomic E-state index is 11.2. The van der Waals surface area contributed by atoms with Crippen LogP contribution in [-0.2, 0) is 0 Å². The lowest BCUT2D eigenvalue weighted by Gasteiger charge is -2.28. The van der Waals surface area contributed by atoms with Crippen molar-refractivity contribution in [2.45, 2.75) is 142 Å². The van der Waals surface area contributed by atoms with Gasteiger partial charge in [-0.1, -0.05) is 110 Å². The predicted molar refractivity (Wildman–Crippen MR) is 117 cm³/mol. The average Bonchev–Trinajstić information content (AvgIpc) is 2.64. The Morgan fingerprint density at radius 1 is 0.741 bits per heavy atom. The van der Waals surface area contributed by atoms with Crippen LogP contribution in [0.1, 0.15) is 136 Å². The van der Waals surface area contributed by atoms with Gasteiger partial charge in [0.1, 0.15) is 0 Å². The summed E-state index contributed by atoms with van der Waals surface area (Å²) in [6.07, 6.45) is 24.0. The van der Waals surface area contributed by atoms with E-state index >= 15 is 0 Å². The third-order valence-electron chi connectivity index (χ3n) is 6.80. The molecule has 0 N–H and O–H groups in total. The van der Waals surface area contributed by atoms with Crippen LogP contribution in [0.15, 0.2) is 0 Å². The van der Waals surface area contributed by atoms with Crippen molar-refractivity contribution in [3.8, 4) is 0 Å². The largest absolute Gasteiger partial charge is 0.264 e. The van der Waals surface area contributed by atoms with Crippen LogP contribution in [0.5, 0.6) is 0 Å². The Labute approximate surface area is 169 Å². The van der Waals surface area contributed by atoms with Crippen LogP contribution in [0, 0.1) is 22.0 Å². The zero-order chi connectivity index (χ0) is 19.7. The molecule has 1 fully saturated rings. The first-order chi connectivity index (χ1) is 13.2. The lowest BCUT2D eigenvalue weighted by molar-refractivity contribution is -0.524. The van der Waals surface area contributed by atoms with Gasteiger partial charge >= 0.3 is 0 Å². The molecule has 1 unspecified atom stereocenters. The molecule has 0 aromatic rings. The third-order valence-corrected chi connectivity index (χ3v) is 6.80. The highest BCUT2D eigenvalue weighted by atomic mass is 16.6. The molecule has 27 heavy (non-hydrogen) atoms. The SMILES string of the molecule is CCCCCCCC(CCCC)C1CCCCCC([N+](=O)[O-])CCCCC1. The molecule has 1 rings (SSSR count). The van der Waals surface area contributed by atoms with Gasteiger partial charge in [-0.2, -0.15) is 0 Å². The van der Waals surface area contributed by atoms with Crippen LogP contribution >= 0.6 is 0 Å². The number of rotatable bonds is 11. The fourth-order valence-corrected chi connectivity index (χ4v) is 4.99. The van der Waals surface area contributed by atoms with Gasteiger partial charge in [0.15, 0.2) is 0 Å². The first kappa shape index (κ1) is 24.4. The molecule has 3 nitrogen and oxygen atoms in total. The topological polar surface area (TPSA) is 43.1 Å². The molecule has 0 aliphatic heterocycles. The van der Waals surface area contributed by atoms with Gasteiger partial charge in [-0.05, 0) is 24.7 Å². The summed E-state index contributed by atoms with van der Waals surface area (Å²) in [5, 5.41) is 11.2. The van der Waals surface area contributed by atoms with E-state index in [9.17, 15) is 10.1 Å². The number of hydrogen-bond acceptors (Lipinski definition) is 2. The van der Waals surface area contributed by atoms with E-state index in [-0.39, 0.29) is 11.0 Å². The van der Waals surface area contributed by atoms with E-state index < -0.39 is 0 Å². The normalized spacial score (nSPS) is 23.9. The minimum Gasteiger partial charge on any atom is -0.264 e. The van der Waals surface area contributed by atoms with Gasteiger partial charge in [0.05, 0.1) is 0 Å². The van der Waals surface area contributed by atoms with Crippen molar-refractivity contribution in [2.75, 3.05) is 0 Å². The third kappa shape index (κ3) is 11.8. The van der Waals surface area contributed by atoms with Crippen molar-refractivity contribution in [3.63, 3.8) is 0 Å². The van der Waals surface area contributed by atoms with Gasteiger partial charge in [-0.3, -0.25) is 10.1 Å². The Kier molecular flexibility index (Phi) is 14.8. The van der Waals surface area contributed by atoms with E-state index in [1.54, 1.807) is 0 Å². The second-order valence-electron chi connectivity index (χ2n) is 9.08. The molecule has 3 heteroatoms. The van der Waals surface area contributed by atoms with Crippen LogP contribution < -0.4 is 0 Å². The Balaban J connectivity index is 2.50. The second kappa shape index (κ2) is 16.4. The van der Waals surface area contributed by atoms with Crippen molar-refractivity contribution >= 4 is 0 Å². The first-order valence-electron chi connectivity index (χ1n) is 12.3. The molecule has 0 radical (unpaired) electrons. The first-order valence-corrected chi connectivity index (χ1v) is 12.3. The van der Waals surface area contributed by atoms with E-state index in [2.05, 4.69) is 13.8 Å². The molecule has 0 bridgehead atoms. The Bertz CT molecular complexity index is 344. The summed E-state index contributed by atoms with van der Waals surface area (Å²) in [5.41, 5.74) is 0. The van der Waals surface area contributed by atoms with E-state index in [4.69, 9.17) is 0 Å². The molecular weight excluding hydrogens is 334 g/mol. The fourth-order valence-electron chi connectivity index (χ4n) is 4.99. The van der Waals surface area contributed by atoms with Gasteiger partial charge < -0.3 is 0 Å². The van der Waals surface area contributed by atoms with Crippen LogP contribution in [0.25, 0.3) is 0 Å². The Hall–Kier alpha value is -0.600. The van der Waals surface area contributed by atoms with E-state index in [1.165, 1.54) is 96.3 Å². The Morgan fingerprint density at radius 2 is 1.26 bits per heavy atom. The molecule has 0 heterocycles. The van der Waals surface area contributed by atoms with Crippen LogP contribution in [0.3, 0.4) is 0 Å². The average molecular weight is 382 g/mol. The molecule has 1 atom stereocenters.